The Morgan fingerprint density at radius 3 is 1.32 bits per heavy atom. The fourth-order valence-corrected chi connectivity index (χ4v) is 3.29. The summed E-state index contributed by atoms with van der Waals surface area (Å²) in [6, 6.07) is 0. The van der Waals surface area contributed by atoms with Gasteiger partial charge in [-0.1, -0.05) is 55.2 Å². The third-order valence-corrected chi connectivity index (χ3v) is 5.30. The maximum Gasteiger partial charge on any atom is 0.460 e. The van der Waals surface area contributed by atoms with E-state index in [0.717, 1.165) is 22.6 Å². The monoisotopic (exact) mass is 608 g/mol. The molecule has 0 saturated carbocycles. The van der Waals surface area contributed by atoms with Crippen LogP contribution in [0.15, 0.2) is 0 Å². The highest BCUT2D eigenvalue weighted by molar-refractivity contribution is 14.1. The molecular weight excluding hydrogens is 592 g/mol. The Hall–Kier alpha value is -0.320. The first-order valence-corrected chi connectivity index (χ1v) is 9.68. The van der Waals surface area contributed by atoms with Crippen LogP contribution in [0.2, 0.25) is 0 Å². The first kappa shape index (κ1) is 30.7. The average Bonchev–Trinajstić information content (AvgIpc) is 2.56. The molecule has 0 aliphatic carbocycles. The zero-order valence-corrected chi connectivity index (χ0v) is 17.5. The maximum absolute atomic E-state index is 13.7. The molecule has 0 spiro atoms. The molecule has 0 N–H and O–H groups in total. The summed E-state index contributed by atoms with van der Waals surface area (Å²) in [7, 11) is 0. The van der Waals surface area contributed by atoms with Gasteiger partial charge < -0.3 is 0 Å². The normalized spacial score (nSPS) is 16.5. The van der Waals surface area contributed by atoms with Crippen LogP contribution in [0, 0.1) is 0 Å². The molecule has 0 nitrogen and oxygen atoms in total. The van der Waals surface area contributed by atoms with Crippen LogP contribution in [0.25, 0.3) is 0 Å². The zero-order chi connectivity index (χ0) is 25.3. The van der Waals surface area contributed by atoms with Gasteiger partial charge >= 0.3 is 41.7 Å². The van der Waals surface area contributed by atoms with Crippen molar-refractivity contribution in [2.45, 2.75) is 91.1 Å². The van der Waals surface area contributed by atoms with Crippen LogP contribution in [0.5, 0.6) is 0 Å². The second kappa shape index (κ2) is 9.50. The SMILES string of the molecule is CCCCCCC(I)CC(F)(F)C(F)(F)C(F)(F)C(F)(F)C(F)(F)C(F)(F)C(F)(F)F. The summed E-state index contributed by atoms with van der Waals surface area (Å²) in [4.78, 5) is 0. The van der Waals surface area contributed by atoms with E-state index in [1.807, 2.05) is 0 Å². The van der Waals surface area contributed by atoms with Gasteiger partial charge in [0, 0.05) is 10.3 Å². The Balaban J connectivity index is 5.98. The maximum atomic E-state index is 13.7. The fraction of sp³-hybridized carbons (Fsp3) is 1.00. The van der Waals surface area contributed by atoms with Crippen LogP contribution in [-0.4, -0.2) is 45.6 Å². The van der Waals surface area contributed by atoms with Crippen molar-refractivity contribution in [2.24, 2.45) is 0 Å². The summed E-state index contributed by atoms with van der Waals surface area (Å²) in [5, 5.41) is 0. The van der Waals surface area contributed by atoms with Crippen molar-refractivity contribution in [1.29, 1.82) is 0 Å². The van der Waals surface area contributed by atoms with Crippen LogP contribution in [-0.2, 0) is 0 Å². The predicted molar refractivity (Wildman–Crippen MR) is 86.9 cm³/mol. The van der Waals surface area contributed by atoms with Gasteiger partial charge in [-0.3, -0.25) is 0 Å². The van der Waals surface area contributed by atoms with Crippen molar-refractivity contribution in [3.8, 4) is 0 Å². The Morgan fingerprint density at radius 2 is 0.935 bits per heavy atom. The molecule has 0 aliphatic rings. The Labute approximate surface area is 180 Å². The molecule has 0 amide bonds. The lowest BCUT2D eigenvalue weighted by molar-refractivity contribution is -0.452. The highest BCUT2D eigenvalue weighted by atomic mass is 127. The summed E-state index contributed by atoms with van der Waals surface area (Å²) < 4.78 is 195. The molecule has 0 bridgehead atoms. The molecule has 0 radical (unpaired) electrons. The van der Waals surface area contributed by atoms with Crippen LogP contribution >= 0.6 is 22.6 Å². The van der Waals surface area contributed by atoms with Crippen molar-refractivity contribution in [1.82, 2.24) is 0 Å². The topological polar surface area (TPSA) is 0 Å². The lowest BCUT2D eigenvalue weighted by Gasteiger charge is -2.41. The predicted octanol–water partition coefficient (Wildman–Crippen LogP) is 8.52. The molecule has 0 fully saturated rings. The molecule has 1 unspecified atom stereocenters. The van der Waals surface area contributed by atoms with E-state index in [4.69, 9.17) is 0 Å². The highest BCUT2D eigenvalue weighted by Gasteiger charge is 2.93. The summed E-state index contributed by atoms with van der Waals surface area (Å²) in [6.07, 6.45) is -8.34. The minimum atomic E-state index is -8.21. The molecule has 0 heterocycles. The molecule has 0 aromatic heterocycles. The lowest BCUT2D eigenvalue weighted by Crippen LogP contribution is -2.72. The van der Waals surface area contributed by atoms with Crippen molar-refractivity contribution in [2.75, 3.05) is 0 Å². The Morgan fingerprint density at radius 1 is 0.548 bits per heavy atom. The summed E-state index contributed by atoms with van der Waals surface area (Å²) in [6.45, 7) is 1.75. The molecule has 0 aromatic carbocycles. The number of hydrogen-bond acceptors (Lipinski definition) is 0. The van der Waals surface area contributed by atoms with E-state index in [0.29, 0.717) is 19.3 Å². The second-order valence-electron chi connectivity index (χ2n) is 6.72. The number of rotatable bonds is 12. The van der Waals surface area contributed by atoms with Gasteiger partial charge in [-0.2, -0.15) is 65.9 Å². The molecule has 16 heteroatoms. The van der Waals surface area contributed by atoms with Gasteiger partial charge in [0.1, 0.15) is 0 Å². The van der Waals surface area contributed by atoms with E-state index in [1.54, 1.807) is 6.92 Å². The van der Waals surface area contributed by atoms with Gasteiger partial charge in [-0.05, 0) is 6.42 Å². The fourth-order valence-electron chi connectivity index (χ4n) is 2.30. The molecular formula is C15H16F15I. The molecule has 1 atom stereocenters. The van der Waals surface area contributed by atoms with Gasteiger partial charge in [0.15, 0.2) is 0 Å². The van der Waals surface area contributed by atoms with E-state index < -0.39 is 52.1 Å². The van der Waals surface area contributed by atoms with E-state index in [1.165, 1.54) is 0 Å². The quantitative estimate of drug-likeness (QED) is 0.0903. The van der Waals surface area contributed by atoms with Crippen LogP contribution in [0.4, 0.5) is 65.9 Å². The van der Waals surface area contributed by atoms with Crippen molar-refractivity contribution in [3.05, 3.63) is 0 Å². The van der Waals surface area contributed by atoms with Gasteiger partial charge in [-0.25, -0.2) is 0 Å². The number of halogens is 16. The first-order valence-electron chi connectivity index (χ1n) is 8.43. The van der Waals surface area contributed by atoms with Gasteiger partial charge in [0.2, 0.25) is 0 Å². The van der Waals surface area contributed by atoms with Gasteiger partial charge in [-0.15, -0.1) is 0 Å². The minimum absolute atomic E-state index is 0.130. The zero-order valence-electron chi connectivity index (χ0n) is 15.4. The standard InChI is InChI=1S/C15H16F15I/c1-2-3-4-5-6-8(31)7-9(16,17)10(18,19)11(20,21)12(22,23)13(24,25)14(26,27)15(28,29)30/h8H,2-7H2,1H3. The van der Waals surface area contributed by atoms with E-state index in [-0.39, 0.29) is 12.8 Å². The lowest BCUT2D eigenvalue weighted by atomic mass is 9.89. The molecule has 0 aromatic rings. The summed E-state index contributed by atoms with van der Waals surface area (Å²) in [5.74, 6) is -45.9. The molecule has 0 saturated heterocycles. The third kappa shape index (κ3) is 5.44. The third-order valence-electron chi connectivity index (χ3n) is 4.24. The molecule has 0 rings (SSSR count). The van der Waals surface area contributed by atoms with Crippen molar-refractivity contribution < 1.29 is 65.9 Å². The van der Waals surface area contributed by atoms with E-state index in [2.05, 4.69) is 0 Å². The van der Waals surface area contributed by atoms with Crippen molar-refractivity contribution in [3.63, 3.8) is 0 Å². The molecule has 31 heavy (non-hydrogen) atoms. The van der Waals surface area contributed by atoms with Gasteiger partial charge in [0.05, 0.1) is 0 Å². The van der Waals surface area contributed by atoms with E-state index in [9.17, 15) is 65.9 Å². The molecule has 0 aliphatic heterocycles. The van der Waals surface area contributed by atoms with Crippen LogP contribution in [0.3, 0.4) is 0 Å². The smallest absolute Gasteiger partial charge is 0.200 e. The largest absolute Gasteiger partial charge is 0.460 e. The Bertz CT molecular complexity index is 581. The van der Waals surface area contributed by atoms with Gasteiger partial charge in [0.25, 0.3) is 0 Å². The average molecular weight is 608 g/mol. The summed E-state index contributed by atoms with van der Waals surface area (Å²) in [5.41, 5.74) is 0. The van der Waals surface area contributed by atoms with E-state index >= 15 is 0 Å². The van der Waals surface area contributed by atoms with Crippen molar-refractivity contribution >= 4 is 22.6 Å². The number of hydrogen-bond donors (Lipinski definition) is 0. The highest BCUT2D eigenvalue weighted by Crippen LogP contribution is 2.62. The number of unbranched alkanes of at least 4 members (excludes halogenated alkanes) is 3. The Kier molecular flexibility index (Phi) is 9.41. The minimum Gasteiger partial charge on any atom is -0.200 e. The number of alkyl halides is 16. The second-order valence-corrected chi connectivity index (χ2v) is 8.49. The van der Waals surface area contributed by atoms with Crippen LogP contribution < -0.4 is 0 Å². The molecule has 188 valence electrons. The van der Waals surface area contributed by atoms with Crippen LogP contribution in [0.1, 0.15) is 45.4 Å². The first-order chi connectivity index (χ1) is 13.5. The summed E-state index contributed by atoms with van der Waals surface area (Å²) >= 11 is 1.08.